The molecule has 4 saturated carbocycles. The fraction of sp³-hybridized carbons (Fsp3) is 0.778. The maximum Gasteiger partial charge on any atom is 0.306 e. The lowest BCUT2D eigenvalue weighted by Gasteiger charge is -2.66. The summed E-state index contributed by atoms with van der Waals surface area (Å²) in [5.41, 5.74) is -1.43. The molecule has 28 heavy (non-hydrogen) atoms. The molecule has 0 radical (unpaired) electrons. The second kappa shape index (κ2) is 8.11. The lowest BCUT2D eigenvalue weighted by Crippen LogP contribution is -2.70. The van der Waals surface area contributed by atoms with Gasteiger partial charge in [-0.1, -0.05) is 45.2 Å². The van der Waals surface area contributed by atoms with Crippen LogP contribution in [0.2, 0.25) is 0 Å². The SMILES string of the molecule is O=C(Cl)CCC(=O)OC12CC3(I)CC(I)(C1)CC(OC(=O)CCC(=O)Cl)(C3)C2. The van der Waals surface area contributed by atoms with Crippen LogP contribution < -0.4 is 0 Å². The number of rotatable bonds is 8. The van der Waals surface area contributed by atoms with Gasteiger partial charge in [0.25, 0.3) is 0 Å². The molecule has 0 atom stereocenters. The van der Waals surface area contributed by atoms with Gasteiger partial charge in [0.05, 0.1) is 12.8 Å². The van der Waals surface area contributed by atoms with Crippen LogP contribution in [0.3, 0.4) is 0 Å². The second-order valence-electron chi connectivity index (χ2n) is 8.39. The summed E-state index contributed by atoms with van der Waals surface area (Å²) in [4.78, 5) is 46.6. The molecule has 0 N–H and O–H groups in total. The number of alkyl halides is 2. The van der Waals surface area contributed by atoms with E-state index in [9.17, 15) is 19.2 Å². The third-order valence-corrected chi connectivity index (χ3v) is 8.21. The molecule has 0 heterocycles. The van der Waals surface area contributed by atoms with Gasteiger partial charge in [0, 0.05) is 51.8 Å². The molecular formula is C18H20Cl2I2O6. The molecule has 4 rings (SSSR count). The summed E-state index contributed by atoms with van der Waals surface area (Å²) in [6.07, 6.45) is 3.96. The molecule has 0 amide bonds. The highest BCUT2D eigenvalue weighted by Crippen LogP contribution is 2.68. The first kappa shape index (κ1) is 23.0. The van der Waals surface area contributed by atoms with Gasteiger partial charge in [0.2, 0.25) is 10.5 Å². The van der Waals surface area contributed by atoms with Crippen LogP contribution in [0, 0.1) is 0 Å². The second-order valence-corrected chi connectivity index (χ2v) is 13.8. The highest BCUT2D eigenvalue weighted by Gasteiger charge is 2.70. The molecule has 4 fully saturated rings. The zero-order valence-electron chi connectivity index (χ0n) is 15.0. The standard InChI is InChI=1S/C18H20Cl2I2O6/c19-11(23)1-3-13(25)27-17-6-15(21)5-16(22,7-17)9-18(8-15,10-17)28-14(26)4-2-12(20)24/h1-10H2. The Labute approximate surface area is 200 Å². The van der Waals surface area contributed by atoms with E-state index in [2.05, 4.69) is 45.2 Å². The van der Waals surface area contributed by atoms with Crippen molar-refractivity contribution in [1.29, 1.82) is 0 Å². The molecule has 0 spiro atoms. The van der Waals surface area contributed by atoms with E-state index in [0.717, 1.165) is 6.42 Å². The number of hydrogen-bond donors (Lipinski definition) is 0. The van der Waals surface area contributed by atoms with Crippen LogP contribution >= 0.6 is 68.4 Å². The van der Waals surface area contributed by atoms with Crippen LogP contribution in [0.4, 0.5) is 0 Å². The number of esters is 2. The number of halogens is 4. The van der Waals surface area contributed by atoms with E-state index < -0.39 is 33.6 Å². The first-order valence-corrected chi connectivity index (χ1v) is 12.0. The summed E-state index contributed by atoms with van der Waals surface area (Å²) in [7, 11) is 0. The minimum Gasteiger partial charge on any atom is -0.459 e. The fourth-order valence-corrected chi connectivity index (χ4v) is 10.6. The molecule has 0 saturated heterocycles. The summed E-state index contributed by atoms with van der Waals surface area (Å²) >= 11 is 15.5. The quantitative estimate of drug-likeness (QED) is 0.167. The van der Waals surface area contributed by atoms with E-state index in [1.165, 1.54) is 0 Å². The van der Waals surface area contributed by atoms with Gasteiger partial charge in [0.15, 0.2) is 0 Å². The van der Waals surface area contributed by atoms with Crippen LogP contribution in [0.25, 0.3) is 0 Å². The average Bonchev–Trinajstić information content (AvgIpc) is 2.46. The van der Waals surface area contributed by atoms with E-state index in [4.69, 9.17) is 32.7 Å². The predicted octanol–water partition coefficient (Wildman–Crippen LogP) is 4.37. The van der Waals surface area contributed by atoms with Crippen LogP contribution in [-0.4, -0.2) is 40.5 Å². The largest absolute Gasteiger partial charge is 0.459 e. The van der Waals surface area contributed by atoms with Crippen LogP contribution in [0.15, 0.2) is 0 Å². The summed E-state index contributed by atoms with van der Waals surface area (Å²) in [5.74, 6) is -0.907. The number of hydrogen-bond acceptors (Lipinski definition) is 6. The van der Waals surface area contributed by atoms with E-state index in [0.29, 0.717) is 32.1 Å². The highest BCUT2D eigenvalue weighted by molar-refractivity contribution is 14.1. The van der Waals surface area contributed by atoms with Gasteiger partial charge in [0.1, 0.15) is 11.2 Å². The lowest BCUT2D eigenvalue weighted by atomic mass is 9.52. The van der Waals surface area contributed by atoms with Crippen molar-refractivity contribution in [3.05, 3.63) is 0 Å². The molecule has 0 aromatic heterocycles. The Kier molecular flexibility index (Phi) is 6.66. The van der Waals surface area contributed by atoms with Crippen molar-refractivity contribution in [2.45, 2.75) is 82.3 Å². The zero-order valence-corrected chi connectivity index (χ0v) is 20.9. The molecule has 0 aromatic rings. The van der Waals surface area contributed by atoms with Crippen molar-refractivity contribution in [3.8, 4) is 0 Å². The lowest BCUT2D eigenvalue weighted by molar-refractivity contribution is -0.218. The summed E-state index contributed by atoms with van der Waals surface area (Å²) in [6, 6.07) is 0. The van der Waals surface area contributed by atoms with Gasteiger partial charge in [-0.3, -0.25) is 19.2 Å². The molecular weight excluding hydrogens is 637 g/mol. The maximum absolute atomic E-state index is 12.3. The fourth-order valence-electron chi connectivity index (χ4n) is 5.42. The monoisotopic (exact) mass is 656 g/mol. The topological polar surface area (TPSA) is 86.7 Å². The van der Waals surface area contributed by atoms with E-state index in [-0.39, 0.29) is 32.5 Å². The number of carbonyl (C=O) groups excluding carboxylic acids is 4. The van der Waals surface area contributed by atoms with E-state index >= 15 is 0 Å². The smallest absolute Gasteiger partial charge is 0.306 e. The van der Waals surface area contributed by atoms with Crippen molar-refractivity contribution < 1.29 is 28.7 Å². The number of ether oxygens (including phenoxy) is 2. The number of carbonyl (C=O) groups is 4. The molecule has 4 aliphatic rings. The summed E-state index contributed by atoms with van der Waals surface area (Å²) < 4.78 is 11.5. The molecule has 4 aliphatic carbocycles. The van der Waals surface area contributed by atoms with Gasteiger partial charge in [-0.2, -0.15) is 0 Å². The third-order valence-electron chi connectivity index (χ3n) is 5.55. The Bertz CT molecular complexity index is 655. The maximum atomic E-state index is 12.3. The Balaban J connectivity index is 1.78. The van der Waals surface area contributed by atoms with Crippen molar-refractivity contribution in [2.24, 2.45) is 0 Å². The minimum absolute atomic E-state index is 0.0583. The third kappa shape index (κ3) is 5.32. The molecule has 10 heteroatoms. The van der Waals surface area contributed by atoms with Crippen LogP contribution in [0.5, 0.6) is 0 Å². The summed E-state index contributed by atoms with van der Waals surface area (Å²) in [6.45, 7) is 0. The average molecular weight is 657 g/mol. The van der Waals surface area contributed by atoms with Crippen molar-refractivity contribution in [3.63, 3.8) is 0 Å². The van der Waals surface area contributed by atoms with Gasteiger partial charge in [-0.15, -0.1) is 0 Å². The molecule has 4 bridgehead atoms. The van der Waals surface area contributed by atoms with E-state index in [1.54, 1.807) is 0 Å². The van der Waals surface area contributed by atoms with Crippen LogP contribution in [0.1, 0.15) is 64.2 Å². The molecule has 0 aromatic carbocycles. The Morgan fingerprint density at radius 3 is 1.32 bits per heavy atom. The molecule has 6 nitrogen and oxygen atoms in total. The van der Waals surface area contributed by atoms with E-state index in [1.807, 2.05) is 0 Å². The van der Waals surface area contributed by atoms with Gasteiger partial charge >= 0.3 is 11.9 Å². The van der Waals surface area contributed by atoms with Gasteiger partial charge in [-0.25, -0.2) is 0 Å². The first-order chi connectivity index (χ1) is 12.9. The van der Waals surface area contributed by atoms with Gasteiger partial charge < -0.3 is 9.47 Å². The molecule has 0 unspecified atom stereocenters. The first-order valence-electron chi connectivity index (χ1n) is 9.05. The molecule has 0 aliphatic heterocycles. The normalized spacial score (nSPS) is 38.1. The minimum atomic E-state index is -0.716. The Hall–Kier alpha value is 0.320. The van der Waals surface area contributed by atoms with Crippen molar-refractivity contribution in [1.82, 2.24) is 0 Å². The summed E-state index contributed by atoms with van der Waals surface area (Å²) in [5, 5.41) is -1.14. The van der Waals surface area contributed by atoms with Crippen molar-refractivity contribution >= 4 is 90.8 Å². The van der Waals surface area contributed by atoms with Gasteiger partial charge in [-0.05, 0) is 29.6 Å². The Morgan fingerprint density at radius 1 is 0.643 bits per heavy atom. The predicted molar refractivity (Wildman–Crippen MR) is 119 cm³/mol. The highest BCUT2D eigenvalue weighted by atomic mass is 127. The van der Waals surface area contributed by atoms with Crippen LogP contribution in [-0.2, 0) is 28.7 Å². The van der Waals surface area contributed by atoms with Crippen molar-refractivity contribution in [2.75, 3.05) is 0 Å². The molecule has 156 valence electrons. The Morgan fingerprint density at radius 2 is 1.00 bits per heavy atom. The zero-order chi connectivity index (χ0) is 20.8.